The normalized spacial score (nSPS) is 19.0. The first-order valence-corrected chi connectivity index (χ1v) is 8.84. The first kappa shape index (κ1) is 14.5. The molecule has 3 aromatic heterocycles. The van der Waals surface area contributed by atoms with Gasteiger partial charge in [-0.05, 0) is 43.0 Å². The zero-order valence-corrected chi connectivity index (χ0v) is 13.6. The Hall–Kier alpha value is -2.05. The summed E-state index contributed by atoms with van der Waals surface area (Å²) >= 11 is 1.64. The summed E-state index contributed by atoms with van der Waals surface area (Å²) in [5.41, 5.74) is 2.08. The van der Waals surface area contributed by atoms with E-state index >= 15 is 0 Å². The van der Waals surface area contributed by atoms with Crippen molar-refractivity contribution in [1.29, 1.82) is 0 Å². The van der Waals surface area contributed by atoms with Crippen molar-refractivity contribution in [1.82, 2.24) is 20.1 Å². The second-order valence-corrected chi connectivity index (χ2v) is 6.54. The molecule has 0 N–H and O–H groups in total. The molecule has 1 aliphatic heterocycles. The molecule has 0 aliphatic carbocycles. The molecule has 1 fully saturated rings. The zero-order chi connectivity index (χ0) is 15.5. The molecule has 5 nitrogen and oxygen atoms in total. The second kappa shape index (κ2) is 6.60. The van der Waals surface area contributed by atoms with Gasteiger partial charge < -0.3 is 4.42 Å². The predicted molar refractivity (Wildman–Crippen MR) is 88.9 cm³/mol. The van der Waals surface area contributed by atoms with Gasteiger partial charge in [-0.1, -0.05) is 12.5 Å². The van der Waals surface area contributed by atoms with Crippen molar-refractivity contribution in [3.8, 4) is 11.5 Å². The van der Waals surface area contributed by atoms with Crippen LogP contribution in [0.15, 0.2) is 45.6 Å². The SMILES string of the molecule is c1ccc(CN2CCCC[C@H]2c2nnc(-c3ccsc3)o2)nc1. The van der Waals surface area contributed by atoms with Gasteiger partial charge in [0.15, 0.2) is 0 Å². The first-order chi connectivity index (χ1) is 11.4. The third-order valence-electron chi connectivity index (χ3n) is 4.20. The van der Waals surface area contributed by atoms with Gasteiger partial charge in [0.05, 0.1) is 11.7 Å². The van der Waals surface area contributed by atoms with Gasteiger partial charge in [-0.25, -0.2) is 0 Å². The van der Waals surface area contributed by atoms with E-state index in [0.717, 1.165) is 36.7 Å². The molecule has 0 bridgehead atoms. The summed E-state index contributed by atoms with van der Waals surface area (Å²) in [6.45, 7) is 1.86. The molecule has 0 amide bonds. The highest BCUT2D eigenvalue weighted by Crippen LogP contribution is 2.32. The maximum Gasteiger partial charge on any atom is 0.248 e. The minimum atomic E-state index is 0.186. The second-order valence-electron chi connectivity index (χ2n) is 5.76. The van der Waals surface area contributed by atoms with Gasteiger partial charge in [-0.2, -0.15) is 11.3 Å². The summed E-state index contributed by atoms with van der Waals surface area (Å²) in [6.07, 6.45) is 5.29. The summed E-state index contributed by atoms with van der Waals surface area (Å²) in [5.74, 6) is 1.34. The molecule has 0 radical (unpaired) electrons. The third kappa shape index (κ3) is 3.18. The van der Waals surface area contributed by atoms with Crippen LogP contribution in [-0.4, -0.2) is 26.6 Å². The monoisotopic (exact) mass is 326 g/mol. The van der Waals surface area contributed by atoms with E-state index in [1.807, 2.05) is 35.2 Å². The molecule has 0 unspecified atom stereocenters. The van der Waals surface area contributed by atoms with E-state index in [2.05, 4.69) is 26.1 Å². The standard InChI is InChI=1S/C17H18N4OS/c1-3-8-18-14(5-1)11-21-9-4-2-6-15(21)17-20-19-16(22-17)13-7-10-23-12-13/h1,3,5,7-8,10,12,15H,2,4,6,9,11H2/t15-/m0/s1. The Morgan fingerprint density at radius 2 is 2.22 bits per heavy atom. The lowest BCUT2D eigenvalue weighted by Gasteiger charge is -2.33. The van der Waals surface area contributed by atoms with Gasteiger partial charge >= 0.3 is 0 Å². The van der Waals surface area contributed by atoms with Gasteiger partial charge in [0, 0.05) is 23.7 Å². The summed E-state index contributed by atoms with van der Waals surface area (Å²) in [7, 11) is 0. The van der Waals surface area contributed by atoms with Crippen LogP contribution in [0.3, 0.4) is 0 Å². The molecule has 3 aromatic rings. The average Bonchev–Trinajstić information content (AvgIpc) is 3.28. The number of nitrogens with zero attached hydrogens (tertiary/aromatic N) is 4. The lowest BCUT2D eigenvalue weighted by atomic mass is 10.0. The first-order valence-electron chi connectivity index (χ1n) is 7.90. The van der Waals surface area contributed by atoms with Gasteiger partial charge in [0.25, 0.3) is 0 Å². The van der Waals surface area contributed by atoms with E-state index in [9.17, 15) is 0 Å². The fraction of sp³-hybridized carbons (Fsp3) is 0.353. The molecular formula is C17H18N4OS. The van der Waals surface area contributed by atoms with Crippen LogP contribution in [0.5, 0.6) is 0 Å². The van der Waals surface area contributed by atoms with Crippen molar-refractivity contribution in [3.05, 3.63) is 52.8 Å². The number of hydrogen-bond donors (Lipinski definition) is 0. The van der Waals surface area contributed by atoms with Gasteiger partial charge in [0.2, 0.25) is 11.8 Å². The van der Waals surface area contributed by atoms with Crippen molar-refractivity contribution in [3.63, 3.8) is 0 Å². The molecule has 1 saturated heterocycles. The average molecular weight is 326 g/mol. The zero-order valence-electron chi connectivity index (χ0n) is 12.8. The van der Waals surface area contributed by atoms with Crippen LogP contribution < -0.4 is 0 Å². The predicted octanol–water partition coefficient (Wildman–Crippen LogP) is 3.92. The van der Waals surface area contributed by atoms with Crippen molar-refractivity contribution < 1.29 is 4.42 Å². The van der Waals surface area contributed by atoms with Crippen molar-refractivity contribution in [2.75, 3.05) is 6.54 Å². The highest BCUT2D eigenvalue weighted by atomic mass is 32.1. The fourth-order valence-corrected chi connectivity index (χ4v) is 3.66. The molecule has 0 spiro atoms. The molecule has 118 valence electrons. The largest absolute Gasteiger partial charge is 0.419 e. The molecule has 0 saturated carbocycles. The molecule has 6 heteroatoms. The Labute approximate surface area is 139 Å². The summed E-state index contributed by atoms with van der Waals surface area (Å²) in [6, 6.07) is 8.24. The topological polar surface area (TPSA) is 55.1 Å². The fourth-order valence-electron chi connectivity index (χ4n) is 3.03. The quantitative estimate of drug-likeness (QED) is 0.727. The third-order valence-corrected chi connectivity index (χ3v) is 4.88. The Balaban J connectivity index is 1.55. The molecule has 1 aliphatic rings. The smallest absolute Gasteiger partial charge is 0.248 e. The van der Waals surface area contributed by atoms with E-state index in [-0.39, 0.29) is 6.04 Å². The molecule has 0 aromatic carbocycles. The molecule has 4 rings (SSSR count). The van der Waals surface area contributed by atoms with Crippen LogP contribution >= 0.6 is 11.3 Å². The van der Waals surface area contributed by atoms with E-state index in [1.54, 1.807) is 11.3 Å². The summed E-state index contributed by atoms with van der Waals surface area (Å²) in [5, 5.41) is 12.6. The van der Waals surface area contributed by atoms with Crippen molar-refractivity contribution in [2.24, 2.45) is 0 Å². The Morgan fingerprint density at radius 3 is 3.04 bits per heavy atom. The highest BCUT2D eigenvalue weighted by molar-refractivity contribution is 7.08. The Morgan fingerprint density at radius 1 is 1.22 bits per heavy atom. The lowest BCUT2D eigenvalue weighted by Crippen LogP contribution is -2.33. The van der Waals surface area contributed by atoms with E-state index < -0.39 is 0 Å². The van der Waals surface area contributed by atoms with Gasteiger partial charge in [0.1, 0.15) is 0 Å². The van der Waals surface area contributed by atoms with Gasteiger partial charge in [-0.15, -0.1) is 10.2 Å². The van der Waals surface area contributed by atoms with E-state index in [4.69, 9.17) is 4.42 Å². The van der Waals surface area contributed by atoms with Crippen LogP contribution in [0.2, 0.25) is 0 Å². The number of aromatic nitrogens is 3. The number of piperidine rings is 1. The van der Waals surface area contributed by atoms with Crippen molar-refractivity contribution >= 4 is 11.3 Å². The highest BCUT2D eigenvalue weighted by Gasteiger charge is 2.29. The Bertz CT molecular complexity index is 741. The van der Waals surface area contributed by atoms with Crippen molar-refractivity contribution in [2.45, 2.75) is 31.8 Å². The van der Waals surface area contributed by atoms with E-state index in [0.29, 0.717) is 5.89 Å². The summed E-state index contributed by atoms with van der Waals surface area (Å²) < 4.78 is 5.96. The molecule has 1 atom stereocenters. The number of hydrogen-bond acceptors (Lipinski definition) is 6. The summed E-state index contributed by atoms with van der Waals surface area (Å²) in [4.78, 5) is 6.84. The number of thiophene rings is 1. The van der Waals surface area contributed by atoms with Crippen LogP contribution in [-0.2, 0) is 6.54 Å². The molecular weight excluding hydrogens is 308 g/mol. The molecule has 4 heterocycles. The number of likely N-dealkylation sites (tertiary alicyclic amines) is 1. The Kier molecular flexibility index (Phi) is 4.17. The minimum Gasteiger partial charge on any atom is -0.419 e. The number of rotatable bonds is 4. The van der Waals surface area contributed by atoms with Crippen LogP contribution in [0.25, 0.3) is 11.5 Å². The minimum absolute atomic E-state index is 0.186. The van der Waals surface area contributed by atoms with Gasteiger partial charge in [-0.3, -0.25) is 9.88 Å². The van der Waals surface area contributed by atoms with Crippen LogP contribution in [0, 0.1) is 0 Å². The molecule has 23 heavy (non-hydrogen) atoms. The lowest BCUT2D eigenvalue weighted by molar-refractivity contribution is 0.117. The van der Waals surface area contributed by atoms with Crippen LogP contribution in [0.1, 0.15) is 36.9 Å². The maximum absolute atomic E-state index is 5.96. The van der Waals surface area contributed by atoms with Crippen LogP contribution in [0.4, 0.5) is 0 Å². The maximum atomic E-state index is 5.96. The van der Waals surface area contributed by atoms with E-state index in [1.165, 1.54) is 12.8 Å². The number of pyridine rings is 1.